The van der Waals surface area contributed by atoms with E-state index in [0.29, 0.717) is 0 Å². The van der Waals surface area contributed by atoms with Gasteiger partial charge < -0.3 is 5.41 Å². The van der Waals surface area contributed by atoms with Crippen LogP contribution in [0.3, 0.4) is 0 Å². The molecule has 262 valence electrons. The van der Waals surface area contributed by atoms with Crippen LogP contribution in [-0.2, 0) is 5.41 Å². The number of benzene rings is 8. The molecule has 1 nitrogen and oxygen atoms in total. The molecule has 0 heterocycles. The molecule has 0 aliphatic heterocycles. The lowest BCUT2D eigenvalue weighted by atomic mass is 9.70. The molecule has 2 aliphatic rings. The molecule has 0 amide bonds. The van der Waals surface area contributed by atoms with E-state index in [-0.39, 0.29) is 11.3 Å². The molecule has 1 unspecified atom stereocenters. The lowest BCUT2D eigenvalue weighted by molar-refractivity contribution is 0.797. The van der Waals surface area contributed by atoms with Crippen molar-refractivity contribution < 1.29 is 0 Å². The molecule has 1 N–H and O–H groups in total. The van der Waals surface area contributed by atoms with Gasteiger partial charge in [-0.1, -0.05) is 200 Å². The summed E-state index contributed by atoms with van der Waals surface area (Å²) in [6.45, 7) is 4.58. The van der Waals surface area contributed by atoms with Crippen molar-refractivity contribution in [2.75, 3.05) is 0 Å². The van der Waals surface area contributed by atoms with Gasteiger partial charge in [-0.05, 0) is 108 Å². The average molecular weight is 704 g/mol. The molecule has 1 spiro atoms. The molecule has 0 radical (unpaired) electrons. The van der Waals surface area contributed by atoms with E-state index in [2.05, 4.69) is 220 Å². The van der Waals surface area contributed by atoms with Crippen LogP contribution in [0.1, 0.15) is 51.8 Å². The lowest BCUT2D eigenvalue weighted by Crippen LogP contribution is -2.26. The summed E-state index contributed by atoms with van der Waals surface area (Å²) in [5.74, 6) is 0.0882. The van der Waals surface area contributed by atoms with Gasteiger partial charge in [0.05, 0.1) is 5.41 Å². The molecule has 8 aromatic carbocycles. The Morgan fingerprint density at radius 2 is 1.11 bits per heavy atom. The van der Waals surface area contributed by atoms with Crippen molar-refractivity contribution in [3.63, 3.8) is 0 Å². The predicted octanol–water partition coefficient (Wildman–Crippen LogP) is 14.0. The molecule has 1 atom stereocenters. The Labute approximate surface area is 323 Å². The molecule has 0 bridgehead atoms. The van der Waals surface area contributed by atoms with E-state index in [0.717, 1.165) is 0 Å². The maximum absolute atomic E-state index is 5.50. The normalized spacial score (nSPS) is 14.1. The van der Waals surface area contributed by atoms with Crippen LogP contribution in [0.15, 0.2) is 206 Å². The number of hydrogen-bond acceptors (Lipinski definition) is 1. The lowest BCUT2D eigenvalue weighted by Gasteiger charge is -2.31. The Balaban J connectivity index is 0.00000195. The summed E-state index contributed by atoms with van der Waals surface area (Å²) in [6.07, 6.45) is 11.2. The quantitative estimate of drug-likeness (QED) is 0.0971. The first-order valence-electron chi connectivity index (χ1n) is 19.0. The minimum atomic E-state index is -0.349. The summed E-state index contributed by atoms with van der Waals surface area (Å²) >= 11 is 0. The summed E-state index contributed by atoms with van der Waals surface area (Å²) < 4.78 is 0. The van der Waals surface area contributed by atoms with Crippen LogP contribution in [-0.4, -0.2) is 6.72 Å². The van der Waals surface area contributed by atoms with E-state index in [9.17, 15) is 0 Å². The molecule has 10 rings (SSSR count). The van der Waals surface area contributed by atoms with E-state index in [1.165, 1.54) is 88.3 Å². The van der Waals surface area contributed by atoms with Gasteiger partial charge in [-0.15, -0.1) is 0 Å². The highest BCUT2D eigenvalue weighted by Gasteiger charge is 2.50. The fourth-order valence-electron chi connectivity index (χ4n) is 9.23. The van der Waals surface area contributed by atoms with E-state index in [4.69, 9.17) is 5.41 Å². The summed E-state index contributed by atoms with van der Waals surface area (Å²) in [4.78, 5) is 0. The van der Waals surface area contributed by atoms with Gasteiger partial charge >= 0.3 is 0 Å². The minimum Gasteiger partial charge on any atom is -0.317 e. The van der Waals surface area contributed by atoms with Gasteiger partial charge in [0.1, 0.15) is 0 Å². The second-order valence-electron chi connectivity index (χ2n) is 14.3. The topological polar surface area (TPSA) is 23.9 Å². The van der Waals surface area contributed by atoms with E-state index in [1.807, 2.05) is 0 Å². The molecule has 0 aromatic heterocycles. The van der Waals surface area contributed by atoms with Crippen LogP contribution >= 0.6 is 0 Å². The zero-order valence-electron chi connectivity index (χ0n) is 30.9. The molecule has 8 aromatic rings. The van der Waals surface area contributed by atoms with Crippen LogP contribution in [0, 0.1) is 5.41 Å². The van der Waals surface area contributed by atoms with Gasteiger partial charge in [0.2, 0.25) is 0 Å². The third-order valence-electron chi connectivity index (χ3n) is 11.5. The van der Waals surface area contributed by atoms with Gasteiger partial charge in [0.25, 0.3) is 0 Å². The standard InChI is InChI=1S/C53H38.CH3N/c1-2-3-15-37(30-32-44(38-18-8-5-9-19-38)43-23-12-22-41(34-43)36-16-6-4-7-17-36)42-31-33-48-46(35-42)45-24-10-11-25-47(45)53(48)49-26-13-20-39-28-29-40-21-14-27-50(53)52(40)51(39)49;1-2/h2-35,44H,1H3;2H,1H2/b3-2+,32-30-,37-15+;. The Bertz CT molecular complexity index is 2740. The highest BCUT2D eigenvalue weighted by molar-refractivity contribution is 6.17. The van der Waals surface area contributed by atoms with Crippen molar-refractivity contribution in [2.45, 2.75) is 18.3 Å². The first-order valence-corrected chi connectivity index (χ1v) is 19.0. The molecule has 2 aliphatic carbocycles. The van der Waals surface area contributed by atoms with Gasteiger partial charge in [-0.3, -0.25) is 0 Å². The number of rotatable bonds is 7. The van der Waals surface area contributed by atoms with Gasteiger partial charge in [-0.25, -0.2) is 0 Å². The van der Waals surface area contributed by atoms with E-state index < -0.39 is 0 Å². The third-order valence-corrected chi connectivity index (χ3v) is 11.5. The summed E-state index contributed by atoms with van der Waals surface area (Å²) in [5.41, 5.74) is 15.2. The smallest absolute Gasteiger partial charge is 0.0725 e. The number of allylic oxidation sites excluding steroid dienone is 6. The van der Waals surface area contributed by atoms with Crippen molar-refractivity contribution in [3.05, 3.63) is 245 Å². The number of nitrogens with one attached hydrogen (secondary N) is 1. The fourth-order valence-corrected chi connectivity index (χ4v) is 9.23. The SMILES string of the molecule is C/C=C/C=C(\C=C/C(c1ccccc1)c1cccc(-c2ccccc2)c1)c1ccc2c(c1)-c1ccccc1C21c2cccc3ccc4cccc1c4c23.C=N. The minimum absolute atomic E-state index is 0.0882. The zero-order chi connectivity index (χ0) is 37.4. The van der Waals surface area contributed by atoms with Gasteiger partial charge in [0, 0.05) is 5.92 Å². The van der Waals surface area contributed by atoms with Crippen LogP contribution in [0.5, 0.6) is 0 Å². The Kier molecular flexibility index (Phi) is 8.77. The van der Waals surface area contributed by atoms with Crippen molar-refractivity contribution in [3.8, 4) is 22.3 Å². The molecule has 0 saturated carbocycles. The Morgan fingerprint density at radius 1 is 0.527 bits per heavy atom. The monoisotopic (exact) mass is 703 g/mol. The Morgan fingerprint density at radius 3 is 1.82 bits per heavy atom. The van der Waals surface area contributed by atoms with Crippen LogP contribution < -0.4 is 0 Å². The zero-order valence-corrected chi connectivity index (χ0v) is 30.9. The van der Waals surface area contributed by atoms with E-state index in [1.54, 1.807) is 0 Å². The maximum Gasteiger partial charge on any atom is 0.0725 e. The molecule has 0 saturated heterocycles. The fraction of sp³-hybridized carbons (Fsp3) is 0.0556. The maximum atomic E-state index is 5.50. The van der Waals surface area contributed by atoms with Crippen molar-refractivity contribution >= 4 is 33.8 Å². The predicted molar refractivity (Wildman–Crippen MR) is 234 cm³/mol. The number of hydrogen-bond donors (Lipinski definition) is 1. The highest BCUT2D eigenvalue weighted by Crippen LogP contribution is 2.62. The summed E-state index contributed by atoms with van der Waals surface area (Å²) in [6, 6.07) is 65.2. The Hall–Kier alpha value is -6.83. The largest absolute Gasteiger partial charge is 0.317 e. The summed E-state index contributed by atoms with van der Waals surface area (Å²) in [5, 5.41) is 10.9. The van der Waals surface area contributed by atoms with Crippen molar-refractivity contribution in [2.24, 2.45) is 0 Å². The molecule has 55 heavy (non-hydrogen) atoms. The van der Waals surface area contributed by atoms with Crippen LogP contribution in [0.25, 0.3) is 49.4 Å². The third kappa shape index (κ3) is 5.43. The average Bonchev–Trinajstić information content (AvgIpc) is 3.73. The van der Waals surface area contributed by atoms with Crippen molar-refractivity contribution in [1.29, 1.82) is 5.41 Å². The molecule has 0 fully saturated rings. The van der Waals surface area contributed by atoms with Gasteiger partial charge in [0.15, 0.2) is 0 Å². The second-order valence-corrected chi connectivity index (χ2v) is 14.3. The van der Waals surface area contributed by atoms with Gasteiger partial charge in [-0.2, -0.15) is 0 Å². The molecular weight excluding hydrogens is 663 g/mol. The first-order chi connectivity index (χ1) is 27.3. The van der Waals surface area contributed by atoms with Crippen molar-refractivity contribution in [1.82, 2.24) is 0 Å². The molecule has 1 heteroatoms. The highest BCUT2D eigenvalue weighted by atomic mass is 14.5. The van der Waals surface area contributed by atoms with Crippen LogP contribution in [0.4, 0.5) is 0 Å². The van der Waals surface area contributed by atoms with E-state index >= 15 is 0 Å². The first kappa shape index (κ1) is 34.0. The summed E-state index contributed by atoms with van der Waals surface area (Å²) in [7, 11) is 0. The molecular formula is C54H41N. The van der Waals surface area contributed by atoms with Crippen LogP contribution in [0.2, 0.25) is 0 Å². The second kappa shape index (κ2) is 14.2. The number of fused-ring (bicyclic) bond motifs is 7.